The van der Waals surface area contributed by atoms with Crippen LogP contribution in [0.2, 0.25) is 0 Å². The molecule has 56 valence electrons. The summed E-state index contributed by atoms with van der Waals surface area (Å²) in [6.45, 7) is 1.78. The molecule has 1 rings (SSSR count). The molecule has 0 fully saturated rings. The van der Waals surface area contributed by atoms with Crippen LogP contribution in [-0.2, 0) is 5.60 Å². The number of aromatic nitrogens is 2. The summed E-state index contributed by atoms with van der Waals surface area (Å²) in [4.78, 5) is 6.66. The predicted octanol–water partition coefficient (Wildman–Crippen LogP) is -0.424. The lowest BCUT2D eigenvalue weighted by Crippen LogP contribution is -2.32. The van der Waals surface area contributed by atoms with Gasteiger partial charge >= 0.3 is 0 Å². The van der Waals surface area contributed by atoms with Crippen molar-refractivity contribution < 1.29 is 5.11 Å². The van der Waals surface area contributed by atoms with Crippen LogP contribution in [0.3, 0.4) is 0 Å². The summed E-state index contributed by atoms with van der Waals surface area (Å²) in [5, 5.41) is 9.46. The van der Waals surface area contributed by atoms with Crippen molar-refractivity contribution in [1.82, 2.24) is 9.97 Å². The van der Waals surface area contributed by atoms with Crippen molar-refractivity contribution in [3.05, 3.63) is 18.2 Å². The molecule has 0 bridgehead atoms. The van der Waals surface area contributed by atoms with Crippen molar-refractivity contribution in [1.29, 1.82) is 0 Å². The van der Waals surface area contributed by atoms with Crippen molar-refractivity contribution in [3.8, 4) is 0 Å². The first-order valence-corrected chi connectivity index (χ1v) is 3.09. The Kier molecular flexibility index (Phi) is 1.74. The lowest BCUT2D eigenvalue weighted by molar-refractivity contribution is 0.0581. The SMILES string of the molecule is CC(O)(CN)c1ncc[nH]1. The maximum Gasteiger partial charge on any atom is 0.139 e. The van der Waals surface area contributed by atoms with Gasteiger partial charge in [0.25, 0.3) is 0 Å². The van der Waals surface area contributed by atoms with Gasteiger partial charge in [-0.15, -0.1) is 0 Å². The van der Waals surface area contributed by atoms with E-state index in [0.29, 0.717) is 5.82 Å². The molecular formula is C6H11N3O. The molecule has 1 atom stereocenters. The standard InChI is InChI=1S/C6H11N3O/c1-6(10,4-7)5-8-2-3-9-5/h2-3,10H,4,7H2,1H3,(H,8,9). The van der Waals surface area contributed by atoms with Crippen LogP contribution in [-0.4, -0.2) is 21.6 Å². The summed E-state index contributed by atoms with van der Waals surface area (Å²) in [6.07, 6.45) is 3.24. The predicted molar refractivity (Wildman–Crippen MR) is 37.2 cm³/mol. The van der Waals surface area contributed by atoms with Gasteiger partial charge in [0.15, 0.2) is 0 Å². The van der Waals surface area contributed by atoms with Crippen molar-refractivity contribution in [3.63, 3.8) is 0 Å². The largest absolute Gasteiger partial charge is 0.381 e. The minimum absolute atomic E-state index is 0.167. The molecular weight excluding hydrogens is 130 g/mol. The first kappa shape index (κ1) is 7.24. The number of hydrogen-bond acceptors (Lipinski definition) is 3. The van der Waals surface area contributed by atoms with E-state index in [9.17, 15) is 5.11 Å². The van der Waals surface area contributed by atoms with E-state index >= 15 is 0 Å². The topological polar surface area (TPSA) is 74.9 Å². The Bertz CT molecular complexity index is 193. The van der Waals surface area contributed by atoms with Crippen LogP contribution in [0, 0.1) is 0 Å². The van der Waals surface area contributed by atoms with Crippen molar-refractivity contribution >= 4 is 0 Å². The minimum atomic E-state index is -1.02. The molecule has 0 saturated carbocycles. The fourth-order valence-electron chi connectivity index (χ4n) is 0.656. The van der Waals surface area contributed by atoms with E-state index in [4.69, 9.17) is 5.73 Å². The molecule has 10 heavy (non-hydrogen) atoms. The number of aromatic amines is 1. The van der Waals surface area contributed by atoms with Crippen molar-refractivity contribution in [2.75, 3.05) is 6.54 Å². The quantitative estimate of drug-likeness (QED) is 0.523. The molecule has 1 aromatic heterocycles. The van der Waals surface area contributed by atoms with E-state index in [0.717, 1.165) is 0 Å². The number of nitrogens with one attached hydrogen (secondary N) is 1. The Hall–Kier alpha value is -0.870. The highest BCUT2D eigenvalue weighted by Gasteiger charge is 2.22. The Morgan fingerprint density at radius 3 is 3.00 bits per heavy atom. The third kappa shape index (κ3) is 1.17. The number of aliphatic hydroxyl groups is 1. The highest BCUT2D eigenvalue weighted by atomic mass is 16.3. The van der Waals surface area contributed by atoms with Crippen LogP contribution in [0.25, 0.3) is 0 Å². The molecule has 0 aliphatic carbocycles. The first-order valence-electron chi connectivity index (χ1n) is 3.09. The van der Waals surface area contributed by atoms with Gasteiger partial charge in [-0.1, -0.05) is 0 Å². The molecule has 0 aromatic carbocycles. The third-order valence-corrected chi connectivity index (χ3v) is 1.41. The van der Waals surface area contributed by atoms with Gasteiger partial charge in [0.1, 0.15) is 11.4 Å². The average Bonchev–Trinajstić information content (AvgIpc) is 2.38. The lowest BCUT2D eigenvalue weighted by atomic mass is 10.1. The molecule has 0 saturated heterocycles. The molecule has 0 aliphatic rings. The second kappa shape index (κ2) is 2.40. The van der Waals surface area contributed by atoms with Crippen molar-refractivity contribution in [2.24, 2.45) is 5.73 Å². The fraction of sp³-hybridized carbons (Fsp3) is 0.500. The number of rotatable bonds is 2. The zero-order valence-corrected chi connectivity index (χ0v) is 5.83. The second-order valence-electron chi connectivity index (χ2n) is 2.42. The lowest BCUT2D eigenvalue weighted by Gasteiger charge is -2.17. The van der Waals surface area contributed by atoms with Gasteiger partial charge in [-0.2, -0.15) is 0 Å². The highest BCUT2D eigenvalue weighted by Crippen LogP contribution is 2.12. The van der Waals surface area contributed by atoms with E-state index in [1.807, 2.05) is 0 Å². The zero-order valence-electron chi connectivity index (χ0n) is 5.83. The Labute approximate surface area is 59.1 Å². The number of imidazole rings is 1. The maximum atomic E-state index is 9.46. The van der Waals surface area contributed by atoms with E-state index < -0.39 is 5.60 Å². The van der Waals surface area contributed by atoms with Crippen LogP contribution in [0.5, 0.6) is 0 Å². The molecule has 0 spiro atoms. The maximum absolute atomic E-state index is 9.46. The summed E-state index contributed by atoms with van der Waals surface area (Å²) < 4.78 is 0. The van der Waals surface area contributed by atoms with Gasteiger partial charge in [0, 0.05) is 18.9 Å². The molecule has 1 unspecified atom stereocenters. The van der Waals surface area contributed by atoms with E-state index in [1.54, 1.807) is 19.3 Å². The van der Waals surface area contributed by atoms with Crippen LogP contribution in [0.1, 0.15) is 12.7 Å². The monoisotopic (exact) mass is 141 g/mol. The van der Waals surface area contributed by atoms with E-state index in [-0.39, 0.29) is 6.54 Å². The number of nitrogens with zero attached hydrogens (tertiary/aromatic N) is 1. The highest BCUT2D eigenvalue weighted by molar-refractivity contribution is 4.99. The summed E-state index contributed by atoms with van der Waals surface area (Å²) in [7, 11) is 0. The minimum Gasteiger partial charge on any atom is -0.381 e. The van der Waals surface area contributed by atoms with Crippen LogP contribution >= 0.6 is 0 Å². The van der Waals surface area contributed by atoms with Gasteiger partial charge < -0.3 is 15.8 Å². The third-order valence-electron chi connectivity index (χ3n) is 1.41. The first-order chi connectivity index (χ1) is 4.67. The van der Waals surface area contributed by atoms with Gasteiger partial charge in [0.05, 0.1) is 0 Å². The normalized spacial score (nSPS) is 16.7. The Morgan fingerprint density at radius 2 is 2.60 bits per heavy atom. The number of nitrogens with two attached hydrogens (primary N) is 1. The molecule has 0 amide bonds. The van der Waals surface area contributed by atoms with Gasteiger partial charge in [-0.25, -0.2) is 4.98 Å². The molecule has 4 heteroatoms. The summed E-state index contributed by atoms with van der Waals surface area (Å²) in [5.74, 6) is 0.509. The molecule has 4 N–H and O–H groups in total. The van der Waals surface area contributed by atoms with E-state index in [1.165, 1.54) is 0 Å². The summed E-state index contributed by atoms with van der Waals surface area (Å²) in [6, 6.07) is 0. The van der Waals surface area contributed by atoms with Gasteiger partial charge in [-0.05, 0) is 6.92 Å². The molecule has 0 radical (unpaired) electrons. The van der Waals surface area contributed by atoms with Gasteiger partial charge in [0.2, 0.25) is 0 Å². The van der Waals surface area contributed by atoms with E-state index in [2.05, 4.69) is 9.97 Å². The molecule has 1 heterocycles. The summed E-state index contributed by atoms with van der Waals surface area (Å²) >= 11 is 0. The molecule has 1 aromatic rings. The zero-order chi connectivity index (χ0) is 7.61. The van der Waals surface area contributed by atoms with Crippen LogP contribution in [0.4, 0.5) is 0 Å². The van der Waals surface area contributed by atoms with Gasteiger partial charge in [-0.3, -0.25) is 0 Å². The fourth-order valence-corrected chi connectivity index (χ4v) is 0.656. The smallest absolute Gasteiger partial charge is 0.139 e. The molecule has 0 aliphatic heterocycles. The molecule has 4 nitrogen and oxygen atoms in total. The number of hydrogen-bond donors (Lipinski definition) is 3. The van der Waals surface area contributed by atoms with Crippen LogP contribution < -0.4 is 5.73 Å². The average molecular weight is 141 g/mol. The summed E-state index contributed by atoms with van der Waals surface area (Å²) in [5.41, 5.74) is 4.26. The Balaban J connectivity index is 2.85. The Morgan fingerprint density at radius 1 is 1.90 bits per heavy atom. The second-order valence-corrected chi connectivity index (χ2v) is 2.42. The number of H-pyrrole nitrogens is 1. The van der Waals surface area contributed by atoms with Crippen LogP contribution in [0.15, 0.2) is 12.4 Å². The van der Waals surface area contributed by atoms with Crippen molar-refractivity contribution in [2.45, 2.75) is 12.5 Å².